The summed E-state index contributed by atoms with van der Waals surface area (Å²) in [4.78, 5) is 3.90. The van der Waals surface area contributed by atoms with E-state index < -0.39 is 11.8 Å². The predicted molar refractivity (Wildman–Crippen MR) is 49.0 cm³/mol. The molecular weight excluding hydrogens is 174 g/mol. The smallest absolute Gasteiger partial charge is 0.245 e. The van der Waals surface area contributed by atoms with Gasteiger partial charge in [-0.3, -0.25) is 4.99 Å². The zero-order valence-electron chi connectivity index (χ0n) is 7.42. The second kappa shape index (κ2) is 4.35. The topological polar surface area (TPSA) is 38.4 Å². The van der Waals surface area contributed by atoms with Crippen LogP contribution in [-0.4, -0.2) is 19.2 Å². The average Bonchev–Trinajstić information content (AvgIpc) is 2.01. The molecule has 2 nitrogen and oxygen atoms in total. The van der Waals surface area contributed by atoms with Gasteiger partial charge in [0, 0.05) is 12.8 Å². The van der Waals surface area contributed by atoms with E-state index in [1.54, 1.807) is 0 Å². The largest absolute Gasteiger partial charge is 0.405 e. The van der Waals surface area contributed by atoms with Gasteiger partial charge in [0.25, 0.3) is 0 Å². The minimum atomic E-state index is -2.25. The molecule has 0 saturated heterocycles. The first-order valence-electron chi connectivity index (χ1n) is 4.36. The highest BCUT2D eigenvalue weighted by molar-refractivity contribution is 5.70. The third kappa shape index (κ3) is 2.26. The Morgan fingerprint density at radius 2 is 2.15 bits per heavy atom. The van der Waals surface area contributed by atoms with Gasteiger partial charge in [0.15, 0.2) is 0 Å². The summed E-state index contributed by atoms with van der Waals surface area (Å²) in [6.45, 7) is 0.217. The maximum absolute atomic E-state index is 12.5. The first-order valence-corrected chi connectivity index (χ1v) is 4.36. The highest BCUT2D eigenvalue weighted by Gasteiger charge is 2.44. The third-order valence-electron chi connectivity index (χ3n) is 2.52. The molecule has 1 rings (SSSR count). The van der Waals surface area contributed by atoms with E-state index in [-0.39, 0.29) is 6.54 Å². The Morgan fingerprint density at radius 1 is 1.46 bits per heavy atom. The molecule has 1 aliphatic rings. The van der Waals surface area contributed by atoms with Crippen LogP contribution in [-0.2, 0) is 0 Å². The van der Waals surface area contributed by atoms with E-state index in [1.807, 2.05) is 0 Å². The lowest BCUT2D eigenvalue weighted by atomic mass is 9.69. The minimum absolute atomic E-state index is 0.217. The fourth-order valence-corrected chi connectivity index (χ4v) is 1.42. The van der Waals surface area contributed by atoms with E-state index in [2.05, 4.69) is 4.99 Å². The summed E-state index contributed by atoms with van der Waals surface area (Å²) in [7, 11) is 0. The first-order chi connectivity index (χ1) is 6.21. The van der Waals surface area contributed by atoms with Gasteiger partial charge in [-0.1, -0.05) is 6.42 Å². The molecule has 74 valence electrons. The van der Waals surface area contributed by atoms with Crippen molar-refractivity contribution < 1.29 is 8.78 Å². The summed E-state index contributed by atoms with van der Waals surface area (Å²) < 4.78 is 25.1. The van der Waals surface area contributed by atoms with Gasteiger partial charge in [-0.25, -0.2) is 8.78 Å². The number of nitrogens with two attached hydrogens (primary N) is 1. The molecule has 0 amide bonds. The third-order valence-corrected chi connectivity index (χ3v) is 2.52. The van der Waals surface area contributed by atoms with Crippen LogP contribution in [0, 0.1) is 5.41 Å². The van der Waals surface area contributed by atoms with Gasteiger partial charge in [0.1, 0.15) is 0 Å². The molecule has 0 atom stereocenters. The van der Waals surface area contributed by atoms with E-state index >= 15 is 0 Å². The Bertz CT molecular complexity index is 208. The summed E-state index contributed by atoms with van der Waals surface area (Å²) in [5.74, 6) is 0. The quantitative estimate of drug-likeness (QED) is 0.673. The molecule has 1 aliphatic carbocycles. The Morgan fingerprint density at radius 3 is 2.54 bits per heavy atom. The maximum atomic E-state index is 12.5. The predicted octanol–water partition coefficient (Wildman–Crippen LogP) is 1.97. The summed E-state index contributed by atoms with van der Waals surface area (Å²) in [6.07, 6.45) is 4.18. The van der Waals surface area contributed by atoms with Crippen molar-refractivity contribution in [1.82, 2.24) is 0 Å². The zero-order valence-corrected chi connectivity index (χ0v) is 7.42. The summed E-state index contributed by atoms with van der Waals surface area (Å²) in [5, 5.41) is 0. The Labute approximate surface area is 76.5 Å². The molecule has 2 N–H and O–H groups in total. The zero-order chi connectivity index (χ0) is 9.73. The van der Waals surface area contributed by atoms with Gasteiger partial charge in [0.2, 0.25) is 6.43 Å². The Balaban J connectivity index is 2.40. The highest BCUT2D eigenvalue weighted by atomic mass is 19.3. The van der Waals surface area contributed by atoms with Gasteiger partial charge in [0.05, 0.1) is 5.41 Å². The molecule has 0 aliphatic heterocycles. The summed E-state index contributed by atoms with van der Waals surface area (Å²) in [6, 6.07) is 0. The van der Waals surface area contributed by atoms with Crippen LogP contribution in [0.15, 0.2) is 17.3 Å². The molecule has 0 aromatic carbocycles. The van der Waals surface area contributed by atoms with E-state index in [4.69, 9.17) is 5.73 Å². The molecule has 0 unspecified atom stereocenters. The van der Waals surface area contributed by atoms with Crippen LogP contribution < -0.4 is 5.73 Å². The number of rotatable bonds is 4. The van der Waals surface area contributed by atoms with Crippen LogP contribution in [0.3, 0.4) is 0 Å². The second-order valence-electron chi connectivity index (χ2n) is 3.39. The molecule has 0 heterocycles. The van der Waals surface area contributed by atoms with Crippen LogP contribution in [0.25, 0.3) is 0 Å². The molecule has 1 saturated carbocycles. The Kier molecular flexibility index (Phi) is 3.39. The van der Waals surface area contributed by atoms with Crippen LogP contribution in [0.4, 0.5) is 8.78 Å². The van der Waals surface area contributed by atoms with Crippen LogP contribution in [0.5, 0.6) is 0 Å². The highest BCUT2D eigenvalue weighted by Crippen LogP contribution is 2.45. The number of aliphatic imine (C=N–C) groups is 1. The molecule has 1 fully saturated rings. The molecule has 0 bridgehead atoms. The van der Waals surface area contributed by atoms with E-state index in [9.17, 15) is 8.78 Å². The second-order valence-corrected chi connectivity index (χ2v) is 3.39. The number of nitrogens with zero attached hydrogens (tertiary/aromatic N) is 1. The summed E-state index contributed by atoms with van der Waals surface area (Å²) in [5.41, 5.74) is 4.23. The van der Waals surface area contributed by atoms with Crippen molar-refractivity contribution in [3.05, 3.63) is 12.3 Å². The van der Waals surface area contributed by atoms with Gasteiger partial charge in [-0.2, -0.15) is 0 Å². The van der Waals surface area contributed by atoms with Crippen LogP contribution in [0.2, 0.25) is 0 Å². The van der Waals surface area contributed by atoms with Crippen LogP contribution in [0.1, 0.15) is 19.3 Å². The number of hydrogen-bond donors (Lipinski definition) is 1. The van der Waals surface area contributed by atoms with Crippen molar-refractivity contribution in [2.24, 2.45) is 16.1 Å². The van der Waals surface area contributed by atoms with Crippen molar-refractivity contribution in [3.8, 4) is 0 Å². The van der Waals surface area contributed by atoms with E-state index in [0.717, 1.165) is 6.42 Å². The van der Waals surface area contributed by atoms with Gasteiger partial charge in [-0.05, 0) is 25.1 Å². The van der Waals surface area contributed by atoms with E-state index in [0.29, 0.717) is 12.8 Å². The van der Waals surface area contributed by atoms with Gasteiger partial charge >= 0.3 is 0 Å². The fraction of sp³-hybridized carbons (Fsp3) is 0.667. The van der Waals surface area contributed by atoms with Crippen molar-refractivity contribution in [3.63, 3.8) is 0 Å². The maximum Gasteiger partial charge on any atom is 0.245 e. The number of allylic oxidation sites excluding steroid dienone is 1. The molecule has 4 heteroatoms. The molecular formula is C9H14F2N2. The van der Waals surface area contributed by atoms with Crippen molar-refractivity contribution >= 4 is 6.21 Å². The fourth-order valence-electron chi connectivity index (χ4n) is 1.42. The number of halogens is 2. The average molecular weight is 188 g/mol. The number of alkyl halides is 2. The van der Waals surface area contributed by atoms with Gasteiger partial charge < -0.3 is 5.73 Å². The molecule has 13 heavy (non-hydrogen) atoms. The van der Waals surface area contributed by atoms with Crippen LogP contribution >= 0.6 is 0 Å². The van der Waals surface area contributed by atoms with Gasteiger partial charge in [-0.15, -0.1) is 0 Å². The lowest BCUT2D eigenvalue weighted by Gasteiger charge is -2.39. The lowest BCUT2D eigenvalue weighted by molar-refractivity contribution is -0.0525. The van der Waals surface area contributed by atoms with Crippen molar-refractivity contribution in [2.45, 2.75) is 25.7 Å². The SMILES string of the molecule is N/C=C\C=NCC1(C(F)F)CCC1. The lowest BCUT2D eigenvalue weighted by Crippen LogP contribution is -2.39. The molecule has 0 aromatic heterocycles. The molecule has 0 spiro atoms. The standard InChI is InChI=1S/C9H14F2N2/c10-8(11)9(3-1-4-9)7-13-6-2-5-12/h2,5-6,8H,1,3-4,7,12H2/b5-2-,13-6?. The first kappa shape index (κ1) is 10.2. The minimum Gasteiger partial charge on any atom is -0.405 e. The number of hydrogen-bond acceptors (Lipinski definition) is 2. The van der Waals surface area contributed by atoms with E-state index in [1.165, 1.54) is 18.5 Å². The van der Waals surface area contributed by atoms with Crippen molar-refractivity contribution in [1.29, 1.82) is 0 Å². The van der Waals surface area contributed by atoms with Crippen molar-refractivity contribution in [2.75, 3.05) is 6.54 Å². The monoisotopic (exact) mass is 188 g/mol. The normalized spacial score (nSPS) is 21.5. The summed E-state index contributed by atoms with van der Waals surface area (Å²) >= 11 is 0. The molecule has 0 aromatic rings. The molecule has 0 radical (unpaired) electrons. The Hall–Kier alpha value is -0.930.